The topological polar surface area (TPSA) is 116 Å². The minimum Gasteiger partial charge on any atom is -0.496 e. The molecule has 0 bridgehead atoms. The third-order valence-corrected chi connectivity index (χ3v) is 11.3. The van der Waals surface area contributed by atoms with Crippen molar-refractivity contribution in [2.75, 3.05) is 21.3 Å². The van der Waals surface area contributed by atoms with Gasteiger partial charge in [0.15, 0.2) is 0 Å². The molecule has 0 saturated heterocycles. The van der Waals surface area contributed by atoms with Crippen LogP contribution in [-0.4, -0.2) is 42.7 Å². The molecule has 38 heavy (non-hydrogen) atoms. The molecule has 0 fully saturated rings. The summed E-state index contributed by atoms with van der Waals surface area (Å²) in [6.45, 7) is 9.50. The summed E-state index contributed by atoms with van der Waals surface area (Å²) in [7, 11) is -5.69. The average molecular weight is 581 g/mol. The molecule has 11 heteroatoms. The van der Waals surface area contributed by atoms with E-state index in [1.54, 1.807) is 32.2 Å². The molecule has 8 nitrogen and oxygen atoms in total. The largest absolute Gasteiger partial charge is 0.496 e. The van der Waals surface area contributed by atoms with Gasteiger partial charge in [-0.1, -0.05) is 6.07 Å². The van der Waals surface area contributed by atoms with Crippen LogP contribution in [0.25, 0.3) is 0 Å². The quantitative estimate of drug-likeness (QED) is 0.231. The molecule has 3 aromatic rings. The monoisotopic (exact) mass is 580 g/mol. The van der Waals surface area contributed by atoms with Crippen molar-refractivity contribution in [1.82, 2.24) is 0 Å². The Hall–Kier alpha value is -2.49. The van der Waals surface area contributed by atoms with Crippen molar-refractivity contribution >= 4 is 44.1 Å². The molecule has 0 radical (unpaired) electrons. The number of hydrogen-bond acceptors (Lipinski definition) is 7. The van der Waals surface area contributed by atoms with Crippen molar-refractivity contribution in [2.24, 2.45) is 0 Å². The van der Waals surface area contributed by atoms with Gasteiger partial charge >= 0.3 is 0 Å². The Morgan fingerprint density at radius 2 is 1.16 bits per heavy atom. The molecule has 0 aromatic heterocycles. The standard InChI is InChI=1S/C27H33O8PS2/c1-16-9-18(3)25(13-21(16)15-37(28,29)30)36(24-12-17(2)22(33-6)10-19(24)4)26-14-27(38(31,32)35-8)23(34-7)11-20(26)5/h9-14H,15H2,1-8H3,(H,28,29,30). The number of ether oxygens (including phenoxy) is 2. The normalized spacial score (nSPS) is 12.9. The van der Waals surface area contributed by atoms with Crippen LogP contribution in [0.15, 0.2) is 41.3 Å². The first-order chi connectivity index (χ1) is 17.6. The first-order valence-corrected chi connectivity index (χ1v) is 16.0. The summed E-state index contributed by atoms with van der Waals surface area (Å²) in [4.78, 5) is -0.0959. The molecule has 1 N–H and O–H groups in total. The summed E-state index contributed by atoms with van der Waals surface area (Å²) < 4.78 is 74.6. The Kier molecular flexibility index (Phi) is 8.95. The smallest absolute Gasteiger partial charge is 0.300 e. The molecular formula is C27H33O8PS2. The lowest BCUT2D eigenvalue weighted by Gasteiger charge is -2.27. The zero-order chi connectivity index (χ0) is 28.6. The summed E-state index contributed by atoms with van der Waals surface area (Å²) in [5.41, 5.74) is 4.75. The molecule has 0 heterocycles. The fraction of sp³-hybridized carbons (Fsp3) is 0.333. The molecule has 0 aliphatic heterocycles. The van der Waals surface area contributed by atoms with Gasteiger partial charge in [-0.25, -0.2) is 0 Å². The van der Waals surface area contributed by atoms with Crippen molar-refractivity contribution in [3.05, 3.63) is 69.8 Å². The van der Waals surface area contributed by atoms with E-state index in [-0.39, 0.29) is 10.6 Å². The van der Waals surface area contributed by atoms with Crippen LogP contribution in [0.3, 0.4) is 0 Å². The van der Waals surface area contributed by atoms with Gasteiger partial charge in [0.2, 0.25) is 0 Å². The zero-order valence-electron chi connectivity index (χ0n) is 22.7. The summed E-state index contributed by atoms with van der Waals surface area (Å²) in [6.07, 6.45) is 0. The van der Waals surface area contributed by atoms with Gasteiger partial charge < -0.3 is 9.47 Å². The van der Waals surface area contributed by atoms with E-state index in [0.717, 1.165) is 56.6 Å². The van der Waals surface area contributed by atoms with Crippen LogP contribution in [0.1, 0.15) is 33.4 Å². The summed E-state index contributed by atoms with van der Waals surface area (Å²) in [5, 5.41) is 2.54. The molecule has 0 amide bonds. The zero-order valence-corrected chi connectivity index (χ0v) is 25.3. The van der Waals surface area contributed by atoms with Crippen LogP contribution in [0, 0.1) is 34.6 Å². The van der Waals surface area contributed by atoms with E-state index in [4.69, 9.17) is 13.7 Å². The van der Waals surface area contributed by atoms with Gasteiger partial charge in [0.1, 0.15) is 22.1 Å². The highest BCUT2D eigenvalue weighted by Gasteiger charge is 2.29. The van der Waals surface area contributed by atoms with Crippen LogP contribution < -0.4 is 25.4 Å². The first kappa shape index (κ1) is 30.1. The van der Waals surface area contributed by atoms with Crippen molar-refractivity contribution in [2.45, 2.75) is 45.3 Å². The SMILES string of the molecule is COc1cc(C)c(P(c2cc(CS(=O)(=O)O)c(C)cc2C)c2cc(S(=O)(=O)OC)c(OC)cc2C)cc1C. The summed E-state index contributed by atoms with van der Waals surface area (Å²) in [5.74, 6) is 0.363. The highest BCUT2D eigenvalue weighted by atomic mass is 32.2. The Labute approximate surface area is 226 Å². The Morgan fingerprint density at radius 3 is 1.68 bits per heavy atom. The third-order valence-electron chi connectivity index (χ3n) is 6.40. The van der Waals surface area contributed by atoms with Crippen molar-refractivity contribution in [3.63, 3.8) is 0 Å². The maximum absolute atomic E-state index is 12.9. The van der Waals surface area contributed by atoms with E-state index in [1.165, 1.54) is 7.11 Å². The molecule has 0 aliphatic carbocycles. The molecule has 206 valence electrons. The molecule has 0 aliphatic rings. The minimum absolute atomic E-state index is 0.0959. The van der Waals surface area contributed by atoms with Crippen LogP contribution in [0.2, 0.25) is 0 Å². The van der Waals surface area contributed by atoms with Crippen molar-refractivity contribution < 1.29 is 35.0 Å². The van der Waals surface area contributed by atoms with E-state index in [2.05, 4.69) is 0 Å². The number of aryl methyl sites for hydroxylation is 5. The van der Waals surface area contributed by atoms with Gasteiger partial charge in [-0.15, -0.1) is 0 Å². The van der Waals surface area contributed by atoms with Gasteiger partial charge in [-0.05, 0) is 122 Å². The average Bonchev–Trinajstić information content (AvgIpc) is 2.83. The van der Waals surface area contributed by atoms with Gasteiger partial charge in [0, 0.05) is 0 Å². The third kappa shape index (κ3) is 6.21. The lowest BCUT2D eigenvalue weighted by Crippen LogP contribution is -2.27. The van der Waals surface area contributed by atoms with Crippen LogP contribution in [0.5, 0.6) is 11.5 Å². The van der Waals surface area contributed by atoms with E-state index in [1.807, 2.05) is 45.9 Å². The van der Waals surface area contributed by atoms with Crippen LogP contribution in [-0.2, 0) is 30.2 Å². The molecule has 0 spiro atoms. The Bertz CT molecular complexity index is 1600. The van der Waals surface area contributed by atoms with Gasteiger partial charge in [0.05, 0.1) is 21.3 Å². The predicted molar refractivity (Wildman–Crippen MR) is 151 cm³/mol. The van der Waals surface area contributed by atoms with E-state index < -0.39 is 33.9 Å². The van der Waals surface area contributed by atoms with Gasteiger partial charge in [-0.3, -0.25) is 8.74 Å². The highest BCUT2D eigenvalue weighted by Crippen LogP contribution is 2.41. The summed E-state index contributed by atoms with van der Waals surface area (Å²) in [6, 6.07) is 10.9. The number of methoxy groups -OCH3 is 2. The molecule has 1 unspecified atom stereocenters. The lowest BCUT2D eigenvalue weighted by atomic mass is 10.1. The van der Waals surface area contributed by atoms with Crippen LogP contribution >= 0.6 is 7.92 Å². The van der Waals surface area contributed by atoms with Crippen molar-refractivity contribution in [1.29, 1.82) is 0 Å². The lowest BCUT2D eigenvalue weighted by molar-refractivity contribution is 0.378. The van der Waals surface area contributed by atoms with Crippen LogP contribution in [0.4, 0.5) is 0 Å². The maximum atomic E-state index is 12.9. The predicted octanol–water partition coefficient (Wildman–Crippen LogP) is 3.73. The molecule has 1 atom stereocenters. The number of hydrogen-bond donors (Lipinski definition) is 1. The Balaban J connectivity index is 2.48. The molecule has 0 saturated carbocycles. The molecule has 3 rings (SSSR count). The second kappa shape index (κ2) is 11.3. The first-order valence-electron chi connectivity index (χ1n) is 11.6. The van der Waals surface area contributed by atoms with E-state index in [9.17, 15) is 21.4 Å². The Morgan fingerprint density at radius 1 is 0.658 bits per heavy atom. The molecule has 3 aromatic carbocycles. The maximum Gasteiger partial charge on any atom is 0.300 e. The number of benzene rings is 3. The van der Waals surface area contributed by atoms with Crippen molar-refractivity contribution in [3.8, 4) is 11.5 Å². The summed E-state index contributed by atoms with van der Waals surface area (Å²) >= 11 is 0. The minimum atomic E-state index is -4.28. The number of rotatable bonds is 9. The second-order valence-electron chi connectivity index (χ2n) is 9.15. The van der Waals surface area contributed by atoms with E-state index >= 15 is 0 Å². The second-order valence-corrected chi connectivity index (χ2v) is 14.4. The van der Waals surface area contributed by atoms with Gasteiger partial charge in [0.25, 0.3) is 20.2 Å². The van der Waals surface area contributed by atoms with E-state index in [0.29, 0.717) is 5.56 Å². The van der Waals surface area contributed by atoms with Gasteiger partial charge in [-0.2, -0.15) is 16.8 Å². The fourth-order valence-corrected chi connectivity index (χ4v) is 8.96. The highest BCUT2D eigenvalue weighted by molar-refractivity contribution is 7.87. The molecular weight excluding hydrogens is 547 g/mol. The fourth-order valence-electron chi connectivity index (χ4n) is 4.44.